The van der Waals surface area contributed by atoms with E-state index >= 15 is 0 Å². The summed E-state index contributed by atoms with van der Waals surface area (Å²) in [6.45, 7) is 2.32. The Labute approximate surface area is 126 Å². The van der Waals surface area contributed by atoms with Crippen LogP contribution in [0.2, 0.25) is 0 Å². The van der Waals surface area contributed by atoms with Gasteiger partial charge in [-0.05, 0) is 59.6 Å². The van der Waals surface area contributed by atoms with E-state index in [4.69, 9.17) is 5.26 Å². The van der Waals surface area contributed by atoms with Crippen molar-refractivity contribution in [1.29, 1.82) is 5.26 Å². The van der Waals surface area contributed by atoms with Crippen molar-refractivity contribution in [1.82, 2.24) is 0 Å². The first-order valence-electron chi connectivity index (χ1n) is 7.56. The molecule has 0 spiro atoms. The van der Waals surface area contributed by atoms with Crippen molar-refractivity contribution in [3.8, 4) is 17.2 Å². The number of benzene rings is 2. The Morgan fingerprint density at radius 2 is 1.48 bits per heavy atom. The van der Waals surface area contributed by atoms with Gasteiger partial charge in [0.15, 0.2) is 0 Å². The van der Waals surface area contributed by atoms with Gasteiger partial charge >= 0.3 is 0 Å². The zero-order valence-electron chi connectivity index (χ0n) is 12.3. The Bertz CT molecular complexity index is 684. The van der Waals surface area contributed by atoms with Crippen LogP contribution in [-0.4, -0.2) is 0 Å². The van der Waals surface area contributed by atoms with Gasteiger partial charge in [-0.2, -0.15) is 5.26 Å². The van der Waals surface area contributed by atoms with Crippen molar-refractivity contribution in [2.45, 2.75) is 26.2 Å². The molecule has 21 heavy (non-hydrogen) atoms. The van der Waals surface area contributed by atoms with Crippen LogP contribution in [-0.2, 0) is 0 Å². The maximum atomic E-state index is 8.84. The Morgan fingerprint density at radius 3 is 2.00 bits per heavy atom. The summed E-state index contributed by atoms with van der Waals surface area (Å²) in [6.07, 6.45) is 6.08. The Kier molecular flexibility index (Phi) is 3.88. The predicted octanol–water partition coefficient (Wildman–Crippen LogP) is 5.43. The molecule has 0 aliphatic heterocycles. The fraction of sp³-hybridized carbons (Fsp3) is 0.250. The summed E-state index contributed by atoms with van der Waals surface area (Å²) >= 11 is 0. The van der Waals surface area contributed by atoms with E-state index in [9.17, 15) is 0 Å². The quantitative estimate of drug-likeness (QED) is 0.715. The average molecular weight is 273 g/mol. The molecule has 0 bridgehead atoms. The highest BCUT2D eigenvalue weighted by atomic mass is 14.2. The van der Waals surface area contributed by atoms with Gasteiger partial charge < -0.3 is 0 Å². The second-order valence-electron chi connectivity index (χ2n) is 5.88. The monoisotopic (exact) mass is 273 g/mol. The Morgan fingerprint density at radius 1 is 0.905 bits per heavy atom. The molecule has 104 valence electrons. The molecule has 2 aromatic carbocycles. The first-order valence-corrected chi connectivity index (χ1v) is 7.56. The largest absolute Gasteiger partial charge is 0.192 e. The molecule has 2 aromatic rings. The lowest BCUT2D eigenvalue weighted by atomic mass is 9.87. The molecule has 0 heterocycles. The zero-order chi connectivity index (χ0) is 14.7. The third kappa shape index (κ3) is 3.06. The van der Waals surface area contributed by atoms with E-state index in [1.165, 1.54) is 36.0 Å². The summed E-state index contributed by atoms with van der Waals surface area (Å²) in [5.74, 6) is 0.826. The highest BCUT2D eigenvalue weighted by Gasteiger charge is 2.11. The maximum Gasteiger partial charge on any atom is 0.0991 e. The molecule has 1 aliphatic rings. The smallest absolute Gasteiger partial charge is 0.0991 e. The number of nitriles is 1. The molecular formula is C20H19N. The van der Waals surface area contributed by atoms with Crippen LogP contribution in [0.3, 0.4) is 0 Å². The lowest BCUT2D eigenvalue weighted by molar-refractivity contribution is 0.534. The number of hydrogen-bond donors (Lipinski definition) is 0. The molecule has 0 aromatic heterocycles. The summed E-state index contributed by atoms with van der Waals surface area (Å²) in [4.78, 5) is 0. The van der Waals surface area contributed by atoms with Crippen LogP contribution in [0.5, 0.6) is 0 Å². The van der Waals surface area contributed by atoms with Gasteiger partial charge in [-0.15, -0.1) is 0 Å². The summed E-state index contributed by atoms with van der Waals surface area (Å²) in [6, 6.07) is 18.7. The number of hydrogen-bond acceptors (Lipinski definition) is 1. The Balaban J connectivity index is 1.82. The van der Waals surface area contributed by atoms with Crippen molar-refractivity contribution in [3.63, 3.8) is 0 Å². The van der Waals surface area contributed by atoms with Gasteiger partial charge in [0.1, 0.15) is 0 Å². The van der Waals surface area contributed by atoms with Crippen LogP contribution in [0.4, 0.5) is 0 Å². The normalized spacial score (nSPS) is 17.9. The number of rotatable bonds is 2. The van der Waals surface area contributed by atoms with E-state index < -0.39 is 0 Å². The van der Waals surface area contributed by atoms with Crippen LogP contribution >= 0.6 is 0 Å². The van der Waals surface area contributed by atoms with E-state index in [0.29, 0.717) is 5.56 Å². The lowest BCUT2D eigenvalue weighted by Gasteiger charge is -2.18. The van der Waals surface area contributed by atoms with Crippen molar-refractivity contribution >= 4 is 5.57 Å². The first-order chi connectivity index (χ1) is 10.3. The molecule has 0 radical (unpaired) electrons. The molecule has 0 fully saturated rings. The minimum Gasteiger partial charge on any atom is -0.192 e. The highest BCUT2D eigenvalue weighted by Crippen LogP contribution is 2.31. The summed E-state index contributed by atoms with van der Waals surface area (Å²) in [5.41, 5.74) is 5.90. The SMILES string of the molecule is CC1CC=C(c2ccc(-c3ccc(C#N)cc3)cc2)CC1. The average Bonchev–Trinajstić information content (AvgIpc) is 2.56. The van der Waals surface area contributed by atoms with E-state index in [-0.39, 0.29) is 0 Å². The highest BCUT2D eigenvalue weighted by molar-refractivity contribution is 5.71. The molecule has 1 aliphatic carbocycles. The number of allylic oxidation sites excluding steroid dienone is 2. The minimum absolute atomic E-state index is 0.705. The van der Waals surface area contributed by atoms with Gasteiger partial charge in [0.05, 0.1) is 11.6 Å². The van der Waals surface area contributed by atoms with Crippen molar-refractivity contribution in [2.24, 2.45) is 5.92 Å². The van der Waals surface area contributed by atoms with Crippen molar-refractivity contribution in [3.05, 3.63) is 65.7 Å². The minimum atomic E-state index is 0.705. The van der Waals surface area contributed by atoms with Crippen LogP contribution in [0.25, 0.3) is 16.7 Å². The second-order valence-corrected chi connectivity index (χ2v) is 5.88. The standard InChI is InChI=1S/C20H19N/c1-15-2-6-17(7-3-15)19-10-12-20(13-11-19)18-8-4-16(14-21)5-9-18/h4-6,8-13,15H,2-3,7H2,1H3. The molecule has 1 heteroatoms. The Hall–Kier alpha value is -2.33. The molecule has 1 nitrogen and oxygen atoms in total. The van der Waals surface area contributed by atoms with E-state index in [2.05, 4.69) is 43.3 Å². The summed E-state index contributed by atoms with van der Waals surface area (Å²) in [7, 11) is 0. The van der Waals surface area contributed by atoms with E-state index in [1.54, 1.807) is 0 Å². The van der Waals surface area contributed by atoms with Crippen LogP contribution < -0.4 is 0 Å². The maximum absolute atomic E-state index is 8.84. The van der Waals surface area contributed by atoms with Crippen molar-refractivity contribution < 1.29 is 0 Å². The van der Waals surface area contributed by atoms with Crippen LogP contribution in [0.15, 0.2) is 54.6 Å². The molecule has 0 saturated carbocycles. The molecular weight excluding hydrogens is 254 g/mol. The van der Waals surface area contributed by atoms with Gasteiger partial charge in [0.2, 0.25) is 0 Å². The van der Waals surface area contributed by atoms with E-state index in [0.717, 1.165) is 11.5 Å². The molecule has 0 N–H and O–H groups in total. The number of nitrogens with zero attached hydrogens (tertiary/aromatic N) is 1. The predicted molar refractivity (Wildman–Crippen MR) is 87.6 cm³/mol. The molecule has 0 saturated heterocycles. The zero-order valence-corrected chi connectivity index (χ0v) is 12.3. The fourth-order valence-corrected chi connectivity index (χ4v) is 2.84. The van der Waals surface area contributed by atoms with Gasteiger partial charge in [-0.1, -0.05) is 49.4 Å². The van der Waals surface area contributed by atoms with Crippen molar-refractivity contribution in [2.75, 3.05) is 0 Å². The summed E-state index contributed by atoms with van der Waals surface area (Å²) in [5, 5.41) is 8.84. The topological polar surface area (TPSA) is 23.8 Å². The lowest BCUT2D eigenvalue weighted by Crippen LogP contribution is -2.00. The van der Waals surface area contributed by atoms with Gasteiger partial charge in [0, 0.05) is 0 Å². The first kappa shape index (κ1) is 13.6. The van der Waals surface area contributed by atoms with Crippen LogP contribution in [0.1, 0.15) is 37.3 Å². The van der Waals surface area contributed by atoms with Crippen LogP contribution in [0, 0.1) is 17.2 Å². The third-order valence-electron chi connectivity index (χ3n) is 4.28. The van der Waals surface area contributed by atoms with Gasteiger partial charge in [-0.3, -0.25) is 0 Å². The van der Waals surface area contributed by atoms with E-state index in [1.807, 2.05) is 24.3 Å². The molecule has 1 atom stereocenters. The second kappa shape index (κ2) is 5.97. The molecule has 1 unspecified atom stereocenters. The van der Waals surface area contributed by atoms with Gasteiger partial charge in [0.25, 0.3) is 0 Å². The fourth-order valence-electron chi connectivity index (χ4n) is 2.84. The van der Waals surface area contributed by atoms with Gasteiger partial charge in [-0.25, -0.2) is 0 Å². The third-order valence-corrected chi connectivity index (χ3v) is 4.28. The molecule has 0 amide bonds. The molecule has 3 rings (SSSR count). The summed E-state index contributed by atoms with van der Waals surface area (Å²) < 4.78 is 0.